The first-order valence-corrected chi connectivity index (χ1v) is 7.07. The van der Waals surface area contributed by atoms with Crippen LogP contribution in [0.25, 0.3) is 0 Å². The quantitative estimate of drug-likeness (QED) is 0.890. The summed E-state index contributed by atoms with van der Waals surface area (Å²) in [6.07, 6.45) is 3.29. The zero-order valence-corrected chi connectivity index (χ0v) is 11.6. The van der Waals surface area contributed by atoms with Crippen LogP contribution in [0.15, 0.2) is 42.6 Å². The maximum absolute atomic E-state index is 4.57. The van der Waals surface area contributed by atoms with Gasteiger partial charge < -0.3 is 5.32 Å². The Kier molecular flexibility index (Phi) is 3.38. The molecule has 1 aliphatic carbocycles. The zero-order chi connectivity index (χ0) is 13.2. The Hall–Kier alpha value is -1.61. The molecule has 1 aromatic carbocycles. The minimum atomic E-state index is 0.386. The highest BCUT2D eigenvalue weighted by Gasteiger charge is 2.44. The second-order valence-corrected chi connectivity index (χ2v) is 5.37. The smallest absolute Gasteiger partial charge is 0.0796 e. The van der Waals surface area contributed by atoms with Crippen molar-refractivity contribution in [3.8, 4) is 0 Å². The van der Waals surface area contributed by atoms with E-state index >= 15 is 0 Å². The maximum Gasteiger partial charge on any atom is 0.0796 e. The molecule has 0 aliphatic heterocycles. The molecule has 1 N–H and O–H groups in total. The van der Waals surface area contributed by atoms with Crippen molar-refractivity contribution in [3.63, 3.8) is 0 Å². The SMILES string of the molecule is CCNC(c1ccn(C)n1)C1CC1c1ccccc1. The van der Waals surface area contributed by atoms with Gasteiger partial charge in [-0.15, -0.1) is 0 Å². The molecule has 1 fully saturated rings. The van der Waals surface area contributed by atoms with Gasteiger partial charge in [-0.1, -0.05) is 37.3 Å². The van der Waals surface area contributed by atoms with Gasteiger partial charge >= 0.3 is 0 Å². The predicted octanol–water partition coefficient (Wildman–Crippen LogP) is 2.87. The van der Waals surface area contributed by atoms with Crippen LogP contribution >= 0.6 is 0 Å². The summed E-state index contributed by atoms with van der Waals surface area (Å²) in [6, 6.07) is 13.4. The molecule has 0 radical (unpaired) electrons. The van der Waals surface area contributed by atoms with Gasteiger partial charge in [0.2, 0.25) is 0 Å². The third-order valence-corrected chi connectivity index (χ3v) is 3.97. The Morgan fingerprint density at radius 1 is 1.32 bits per heavy atom. The lowest BCUT2D eigenvalue weighted by molar-refractivity contribution is 0.470. The molecule has 3 unspecified atom stereocenters. The molecule has 0 spiro atoms. The van der Waals surface area contributed by atoms with Crippen molar-refractivity contribution in [2.45, 2.75) is 25.3 Å². The number of nitrogens with one attached hydrogen (secondary N) is 1. The van der Waals surface area contributed by atoms with E-state index in [0.29, 0.717) is 17.9 Å². The van der Waals surface area contributed by atoms with Gasteiger partial charge in [0.25, 0.3) is 0 Å². The van der Waals surface area contributed by atoms with Crippen molar-refractivity contribution in [2.75, 3.05) is 6.54 Å². The van der Waals surface area contributed by atoms with E-state index in [1.165, 1.54) is 17.7 Å². The van der Waals surface area contributed by atoms with Gasteiger partial charge in [-0.2, -0.15) is 5.10 Å². The number of hydrogen-bond acceptors (Lipinski definition) is 2. The molecule has 3 rings (SSSR count). The molecule has 2 aromatic rings. The second-order valence-electron chi connectivity index (χ2n) is 5.37. The van der Waals surface area contributed by atoms with E-state index in [9.17, 15) is 0 Å². The summed E-state index contributed by atoms with van der Waals surface area (Å²) in [6.45, 7) is 3.15. The lowest BCUT2D eigenvalue weighted by atomic mass is 10.0. The van der Waals surface area contributed by atoms with Gasteiger partial charge in [-0.3, -0.25) is 4.68 Å². The largest absolute Gasteiger partial charge is 0.309 e. The van der Waals surface area contributed by atoms with E-state index in [-0.39, 0.29) is 0 Å². The van der Waals surface area contributed by atoms with Crippen LogP contribution in [0.4, 0.5) is 0 Å². The summed E-state index contributed by atoms with van der Waals surface area (Å²) in [5, 5.41) is 8.17. The third-order valence-electron chi connectivity index (χ3n) is 3.97. The summed E-state index contributed by atoms with van der Waals surface area (Å²) < 4.78 is 1.89. The monoisotopic (exact) mass is 255 g/mol. The average molecular weight is 255 g/mol. The summed E-state index contributed by atoms with van der Waals surface area (Å²) >= 11 is 0. The molecule has 0 amide bonds. The van der Waals surface area contributed by atoms with Crippen molar-refractivity contribution >= 4 is 0 Å². The van der Waals surface area contributed by atoms with E-state index in [1.807, 2.05) is 17.9 Å². The first-order chi connectivity index (χ1) is 9.29. The van der Waals surface area contributed by atoms with Crippen LogP contribution in [0.5, 0.6) is 0 Å². The van der Waals surface area contributed by atoms with E-state index in [2.05, 4.69) is 53.7 Å². The fraction of sp³-hybridized carbons (Fsp3) is 0.438. The van der Waals surface area contributed by atoms with Crippen LogP contribution in [0.1, 0.15) is 36.6 Å². The second kappa shape index (κ2) is 5.17. The van der Waals surface area contributed by atoms with Gasteiger partial charge in [0.15, 0.2) is 0 Å². The molecule has 3 heteroatoms. The van der Waals surface area contributed by atoms with Crippen LogP contribution in [-0.2, 0) is 7.05 Å². The number of aryl methyl sites for hydroxylation is 1. The maximum atomic E-state index is 4.57. The molecule has 0 saturated heterocycles. The third kappa shape index (κ3) is 2.56. The molecule has 19 heavy (non-hydrogen) atoms. The molecule has 1 saturated carbocycles. The summed E-state index contributed by atoms with van der Waals surface area (Å²) in [5.74, 6) is 1.37. The fourth-order valence-electron chi connectivity index (χ4n) is 2.96. The standard InChI is InChI=1S/C16H21N3/c1-3-17-16(15-9-10-19(2)18-15)14-11-13(14)12-7-5-4-6-8-12/h4-10,13-14,16-17H,3,11H2,1-2H3. The normalized spacial score (nSPS) is 23.3. The molecular formula is C16H21N3. The van der Waals surface area contributed by atoms with Gasteiger partial charge in [-0.25, -0.2) is 0 Å². The van der Waals surface area contributed by atoms with Crippen LogP contribution in [0, 0.1) is 5.92 Å². The molecule has 1 aromatic heterocycles. The van der Waals surface area contributed by atoms with E-state index in [0.717, 1.165) is 6.54 Å². The van der Waals surface area contributed by atoms with E-state index in [1.54, 1.807) is 0 Å². The minimum Gasteiger partial charge on any atom is -0.309 e. The van der Waals surface area contributed by atoms with E-state index in [4.69, 9.17) is 0 Å². The minimum absolute atomic E-state index is 0.386. The van der Waals surface area contributed by atoms with Crippen LogP contribution in [0.2, 0.25) is 0 Å². The lowest BCUT2D eigenvalue weighted by Crippen LogP contribution is -2.23. The van der Waals surface area contributed by atoms with Gasteiger partial charge in [0.05, 0.1) is 11.7 Å². The topological polar surface area (TPSA) is 29.9 Å². The van der Waals surface area contributed by atoms with Gasteiger partial charge in [0, 0.05) is 13.2 Å². The van der Waals surface area contributed by atoms with E-state index < -0.39 is 0 Å². The lowest BCUT2D eigenvalue weighted by Gasteiger charge is -2.15. The Bertz CT molecular complexity index is 532. The highest BCUT2D eigenvalue weighted by Crippen LogP contribution is 2.53. The summed E-state index contributed by atoms with van der Waals surface area (Å²) in [5.41, 5.74) is 2.64. The fourth-order valence-corrected chi connectivity index (χ4v) is 2.96. The number of aromatic nitrogens is 2. The first kappa shape index (κ1) is 12.4. The van der Waals surface area contributed by atoms with Gasteiger partial charge in [0.1, 0.15) is 0 Å². The van der Waals surface area contributed by atoms with Crippen molar-refractivity contribution in [2.24, 2.45) is 13.0 Å². The zero-order valence-electron chi connectivity index (χ0n) is 11.6. The summed E-state index contributed by atoms with van der Waals surface area (Å²) in [7, 11) is 1.98. The van der Waals surface area contributed by atoms with Crippen LogP contribution in [0.3, 0.4) is 0 Å². The van der Waals surface area contributed by atoms with Gasteiger partial charge in [-0.05, 0) is 36.4 Å². The Morgan fingerprint density at radius 2 is 2.11 bits per heavy atom. The molecule has 3 nitrogen and oxygen atoms in total. The van der Waals surface area contributed by atoms with Crippen molar-refractivity contribution in [3.05, 3.63) is 53.9 Å². The van der Waals surface area contributed by atoms with Crippen molar-refractivity contribution in [1.29, 1.82) is 0 Å². The first-order valence-electron chi connectivity index (χ1n) is 7.07. The molecule has 1 aliphatic rings. The predicted molar refractivity (Wildman–Crippen MR) is 76.9 cm³/mol. The van der Waals surface area contributed by atoms with Crippen LogP contribution < -0.4 is 5.32 Å². The highest BCUT2D eigenvalue weighted by molar-refractivity contribution is 5.28. The molecule has 100 valence electrons. The molecule has 1 heterocycles. The van der Waals surface area contributed by atoms with Crippen LogP contribution in [-0.4, -0.2) is 16.3 Å². The molecule has 0 bridgehead atoms. The Labute approximate surface area is 114 Å². The average Bonchev–Trinajstić information content (AvgIpc) is 3.12. The van der Waals surface area contributed by atoms with Crippen molar-refractivity contribution < 1.29 is 0 Å². The molecule has 3 atom stereocenters. The number of nitrogens with zero attached hydrogens (tertiary/aromatic N) is 2. The summed E-state index contributed by atoms with van der Waals surface area (Å²) in [4.78, 5) is 0. The number of benzene rings is 1. The van der Waals surface area contributed by atoms with Crippen molar-refractivity contribution in [1.82, 2.24) is 15.1 Å². The Morgan fingerprint density at radius 3 is 2.74 bits per heavy atom. The highest BCUT2D eigenvalue weighted by atomic mass is 15.3. The number of hydrogen-bond donors (Lipinski definition) is 1. The Balaban J connectivity index is 1.76. The number of rotatable bonds is 5. The molecular weight excluding hydrogens is 234 g/mol.